The predicted octanol–water partition coefficient (Wildman–Crippen LogP) is 3.75. The molecule has 2 aliphatic rings. The Morgan fingerprint density at radius 3 is 2.43 bits per heavy atom. The number of carbonyl (C=O) groups excluding carboxylic acids is 1. The molecular formula is C22H24N2O4. The van der Waals surface area contributed by atoms with Crippen molar-refractivity contribution in [3.8, 4) is 11.5 Å². The van der Waals surface area contributed by atoms with Crippen LogP contribution in [0.4, 0.5) is 5.69 Å². The van der Waals surface area contributed by atoms with E-state index in [-0.39, 0.29) is 17.9 Å². The SMILES string of the molecule is O=C(CCN1C2CCC1C(C(=O)O)C2)Nc1ccc(Oc2ccccc2)cc1. The van der Waals surface area contributed by atoms with Crippen LogP contribution in [-0.4, -0.2) is 40.5 Å². The number of anilines is 1. The lowest BCUT2D eigenvalue weighted by Crippen LogP contribution is -2.35. The molecule has 2 aromatic carbocycles. The Balaban J connectivity index is 1.27. The van der Waals surface area contributed by atoms with Gasteiger partial charge in [-0.3, -0.25) is 14.5 Å². The van der Waals surface area contributed by atoms with Crippen molar-refractivity contribution in [2.24, 2.45) is 5.92 Å². The van der Waals surface area contributed by atoms with E-state index in [1.807, 2.05) is 54.6 Å². The average molecular weight is 380 g/mol. The van der Waals surface area contributed by atoms with E-state index in [1.165, 1.54) is 0 Å². The summed E-state index contributed by atoms with van der Waals surface area (Å²) in [7, 11) is 0. The summed E-state index contributed by atoms with van der Waals surface area (Å²) in [5.74, 6) is 0.421. The maximum atomic E-state index is 12.3. The van der Waals surface area contributed by atoms with Gasteiger partial charge in [0.05, 0.1) is 5.92 Å². The molecule has 3 atom stereocenters. The molecule has 6 nitrogen and oxygen atoms in total. The van der Waals surface area contributed by atoms with E-state index in [0.717, 1.165) is 24.3 Å². The Labute approximate surface area is 164 Å². The first kappa shape index (κ1) is 18.5. The molecular weight excluding hydrogens is 356 g/mol. The van der Waals surface area contributed by atoms with Crippen molar-refractivity contribution < 1.29 is 19.4 Å². The molecule has 3 unspecified atom stereocenters. The van der Waals surface area contributed by atoms with Gasteiger partial charge in [-0.15, -0.1) is 0 Å². The van der Waals surface area contributed by atoms with Crippen LogP contribution in [0.2, 0.25) is 0 Å². The molecule has 2 saturated heterocycles. The molecule has 2 bridgehead atoms. The summed E-state index contributed by atoms with van der Waals surface area (Å²) >= 11 is 0. The number of carboxylic acids is 1. The first-order valence-corrected chi connectivity index (χ1v) is 9.71. The third-order valence-electron chi connectivity index (χ3n) is 5.71. The first-order chi connectivity index (χ1) is 13.6. The number of carboxylic acid groups (broad SMARTS) is 1. The summed E-state index contributed by atoms with van der Waals surface area (Å²) in [6, 6.07) is 17.2. The highest BCUT2D eigenvalue weighted by molar-refractivity contribution is 5.90. The van der Waals surface area contributed by atoms with E-state index >= 15 is 0 Å². The van der Waals surface area contributed by atoms with Crippen molar-refractivity contribution in [2.75, 3.05) is 11.9 Å². The second-order valence-electron chi connectivity index (χ2n) is 7.45. The molecule has 0 spiro atoms. The molecule has 1 amide bonds. The molecule has 0 saturated carbocycles. The topological polar surface area (TPSA) is 78.9 Å². The zero-order chi connectivity index (χ0) is 19.5. The van der Waals surface area contributed by atoms with Crippen LogP contribution in [-0.2, 0) is 9.59 Å². The number of rotatable bonds is 7. The van der Waals surface area contributed by atoms with Crippen molar-refractivity contribution in [3.63, 3.8) is 0 Å². The fourth-order valence-corrected chi connectivity index (χ4v) is 4.40. The van der Waals surface area contributed by atoms with E-state index in [9.17, 15) is 14.7 Å². The van der Waals surface area contributed by atoms with E-state index in [0.29, 0.717) is 31.2 Å². The third-order valence-corrected chi connectivity index (χ3v) is 5.71. The molecule has 6 heteroatoms. The van der Waals surface area contributed by atoms with Crippen LogP contribution in [0, 0.1) is 5.92 Å². The van der Waals surface area contributed by atoms with Crippen LogP contribution in [0.3, 0.4) is 0 Å². The number of carbonyl (C=O) groups is 2. The molecule has 2 aromatic rings. The molecule has 2 fully saturated rings. The lowest BCUT2D eigenvalue weighted by Gasteiger charge is -2.22. The number of nitrogens with zero attached hydrogens (tertiary/aromatic N) is 1. The number of para-hydroxylation sites is 1. The van der Waals surface area contributed by atoms with Crippen LogP contribution in [0.5, 0.6) is 11.5 Å². The van der Waals surface area contributed by atoms with Crippen molar-refractivity contribution in [2.45, 2.75) is 37.8 Å². The summed E-state index contributed by atoms with van der Waals surface area (Å²) in [4.78, 5) is 25.9. The maximum absolute atomic E-state index is 12.3. The van der Waals surface area contributed by atoms with Crippen LogP contribution < -0.4 is 10.1 Å². The smallest absolute Gasteiger partial charge is 0.308 e. The van der Waals surface area contributed by atoms with Gasteiger partial charge in [0.25, 0.3) is 0 Å². The highest BCUT2D eigenvalue weighted by Crippen LogP contribution is 2.41. The minimum atomic E-state index is -0.709. The zero-order valence-electron chi connectivity index (χ0n) is 15.6. The van der Waals surface area contributed by atoms with Crippen molar-refractivity contribution in [3.05, 3.63) is 54.6 Å². The standard InChI is InChI=1S/C22H24N2O4/c25-21(12-13-24-16-8-11-20(24)19(14-16)22(26)27)23-15-6-9-18(10-7-15)28-17-4-2-1-3-5-17/h1-7,9-10,16,19-20H,8,11-14H2,(H,23,25)(H,26,27). The predicted molar refractivity (Wildman–Crippen MR) is 105 cm³/mol. The second-order valence-corrected chi connectivity index (χ2v) is 7.45. The van der Waals surface area contributed by atoms with Crippen molar-refractivity contribution >= 4 is 17.6 Å². The average Bonchev–Trinajstić information content (AvgIpc) is 3.26. The highest BCUT2D eigenvalue weighted by Gasteiger charge is 2.48. The van der Waals surface area contributed by atoms with E-state index in [4.69, 9.17) is 4.74 Å². The molecule has 2 N–H and O–H groups in total. The van der Waals surface area contributed by atoms with Gasteiger partial charge in [-0.2, -0.15) is 0 Å². The van der Waals surface area contributed by atoms with E-state index < -0.39 is 5.97 Å². The van der Waals surface area contributed by atoms with Gasteiger partial charge in [0.1, 0.15) is 11.5 Å². The molecule has 146 valence electrons. The molecule has 0 aromatic heterocycles. The van der Waals surface area contributed by atoms with Gasteiger partial charge in [-0.1, -0.05) is 18.2 Å². The Kier molecular flexibility index (Phi) is 5.30. The number of nitrogens with one attached hydrogen (secondary N) is 1. The van der Waals surface area contributed by atoms with E-state index in [1.54, 1.807) is 0 Å². The van der Waals surface area contributed by atoms with Crippen LogP contribution in [0.15, 0.2) is 54.6 Å². The molecule has 0 radical (unpaired) electrons. The molecule has 4 rings (SSSR count). The molecule has 2 aliphatic heterocycles. The largest absolute Gasteiger partial charge is 0.481 e. The minimum Gasteiger partial charge on any atom is -0.481 e. The summed E-state index contributed by atoms with van der Waals surface area (Å²) in [5.41, 5.74) is 0.721. The summed E-state index contributed by atoms with van der Waals surface area (Å²) < 4.78 is 5.75. The minimum absolute atomic E-state index is 0.0603. The Morgan fingerprint density at radius 1 is 1.04 bits per heavy atom. The van der Waals surface area contributed by atoms with Gasteiger partial charge in [0.2, 0.25) is 5.91 Å². The van der Waals surface area contributed by atoms with Gasteiger partial charge >= 0.3 is 5.97 Å². The summed E-state index contributed by atoms with van der Waals surface area (Å²) in [5, 5.41) is 12.2. The number of benzene rings is 2. The van der Waals surface area contributed by atoms with Crippen LogP contribution in [0.1, 0.15) is 25.7 Å². The Morgan fingerprint density at radius 2 is 1.75 bits per heavy atom. The quantitative estimate of drug-likeness (QED) is 0.765. The van der Waals surface area contributed by atoms with Crippen LogP contribution in [0.25, 0.3) is 0 Å². The lowest BCUT2D eigenvalue weighted by atomic mass is 9.89. The Bertz CT molecular complexity index is 837. The normalized spacial score (nSPS) is 23.5. The van der Waals surface area contributed by atoms with Crippen LogP contribution >= 0.6 is 0 Å². The fourth-order valence-electron chi connectivity index (χ4n) is 4.40. The highest BCUT2D eigenvalue weighted by atomic mass is 16.5. The number of ether oxygens (including phenoxy) is 1. The van der Waals surface area contributed by atoms with Crippen molar-refractivity contribution in [1.82, 2.24) is 4.90 Å². The summed E-state index contributed by atoms with van der Waals surface area (Å²) in [6.45, 7) is 0.611. The fraction of sp³-hybridized carbons (Fsp3) is 0.364. The van der Waals surface area contributed by atoms with E-state index in [2.05, 4.69) is 10.2 Å². The number of hydrogen-bond acceptors (Lipinski definition) is 4. The second kappa shape index (κ2) is 8.02. The maximum Gasteiger partial charge on any atom is 0.308 e. The van der Waals surface area contributed by atoms with Gasteiger partial charge < -0.3 is 15.2 Å². The third kappa shape index (κ3) is 4.02. The first-order valence-electron chi connectivity index (χ1n) is 9.71. The molecule has 0 aliphatic carbocycles. The lowest BCUT2D eigenvalue weighted by molar-refractivity contribution is -0.142. The molecule has 28 heavy (non-hydrogen) atoms. The number of hydrogen-bond donors (Lipinski definition) is 2. The zero-order valence-corrected chi connectivity index (χ0v) is 15.6. The van der Waals surface area contributed by atoms with Gasteiger partial charge in [0, 0.05) is 30.7 Å². The number of fused-ring (bicyclic) bond motifs is 2. The van der Waals surface area contributed by atoms with Gasteiger partial charge in [-0.05, 0) is 55.7 Å². The number of amides is 1. The summed E-state index contributed by atoms with van der Waals surface area (Å²) in [6.07, 6.45) is 3.04. The molecule has 2 heterocycles. The van der Waals surface area contributed by atoms with Crippen molar-refractivity contribution in [1.29, 1.82) is 0 Å². The Hall–Kier alpha value is -2.86. The number of aliphatic carboxylic acids is 1. The monoisotopic (exact) mass is 380 g/mol. The van der Waals surface area contributed by atoms with Gasteiger partial charge in [-0.25, -0.2) is 0 Å². The van der Waals surface area contributed by atoms with Gasteiger partial charge in [0.15, 0.2) is 0 Å².